The molecule has 0 radical (unpaired) electrons. The van der Waals surface area contributed by atoms with Crippen molar-refractivity contribution < 1.29 is 21.6 Å². The molecule has 0 rings (SSSR count). The van der Waals surface area contributed by atoms with Crippen LogP contribution in [0.4, 0.5) is 13.2 Å². The Bertz CT molecular complexity index is 304. The van der Waals surface area contributed by atoms with Crippen molar-refractivity contribution in [3.63, 3.8) is 0 Å². The first-order valence-corrected chi connectivity index (χ1v) is 7.24. The monoisotopic (exact) mass is 276 g/mol. The second kappa shape index (κ2) is 7.17. The van der Waals surface area contributed by atoms with Crippen molar-refractivity contribution in [2.75, 3.05) is 32.4 Å². The Morgan fingerprint density at radius 1 is 1.24 bits per heavy atom. The van der Waals surface area contributed by atoms with E-state index in [2.05, 4.69) is 5.32 Å². The first-order chi connectivity index (χ1) is 7.67. The zero-order valence-electron chi connectivity index (χ0n) is 10.0. The van der Waals surface area contributed by atoms with Gasteiger partial charge in [0.15, 0.2) is 0 Å². The van der Waals surface area contributed by atoms with Gasteiger partial charge in [-0.1, -0.05) is 6.92 Å². The lowest BCUT2D eigenvalue weighted by atomic mass is 10.3. The molecule has 0 amide bonds. The standard InChI is InChI=1S/C9H19F3N2O2S/c1-3-14(17(2,15)16)8-4-6-13-7-5-9(10,11)12/h13H,3-8H2,1-2H3. The highest BCUT2D eigenvalue weighted by Crippen LogP contribution is 2.17. The molecule has 0 aromatic carbocycles. The van der Waals surface area contributed by atoms with Gasteiger partial charge < -0.3 is 5.32 Å². The maximum absolute atomic E-state index is 11.8. The molecule has 0 aliphatic carbocycles. The molecule has 0 heterocycles. The van der Waals surface area contributed by atoms with Crippen LogP contribution in [0.5, 0.6) is 0 Å². The summed E-state index contributed by atoms with van der Waals surface area (Å²) in [7, 11) is -3.21. The van der Waals surface area contributed by atoms with Gasteiger partial charge in [0.1, 0.15) is 0 Å². The molecule has 8 heteroatoms. The van der Waals surface area contributed by atoms with E-state index in [1.54, 1.807) is 6.92 Å². The zero-order valence-corrected chi connectivity index (χ0v) is 10.9. The van der Waals surface area contributed by atoms with Gasteiger partial charge in [-0.25, -0.2) is 12.7 Å². The van der Waals surface area contributed by atoms with Crippen LogP contribution < -0.4 is 5.32 Å². The largest absolute Gasteiger partial charge is 0.390 e. The van der Waals surface area contributed by atoms with Gasteiger partial charge in [0.05, 0.1) is 12.7 Å². The highest BCUT2D eigenvalue weighted by Gasteiger charge is 2.25. The third-order valence-corrected chi connectivity index (χ3v) is 3.55. The maximum atomic E-state index is 11.8. The number of halogens is 3. The van der Waals surface area contributed by atoms with E-state index in [0.29, 0.717) is 26.1 Å². The van der Waals surface area contributed by atoms with Gasteiger partial charge in [-0.3, -0.25) is 0 Å². The van der Waals surface area contributed by atoms with Gasteiger partial charge >= 0.3 is 6.18 Å². The fourth-order valence-corrected chi connectivity index (χ4v) is 2.22. The molecule has 0 atom stereocenters. The summed E-state index contributed by atoms with van der Waals surface area (Å²) in [5, 5.41) is 2.63. The van der Waals surface area contributed by atoms with E-state index in [4.69, 9.17) is 0 Å². The van der Waals surface area contributed by atoms with Crippen molar-refractivity contribution in [1.82, 2.24) is 9.62 Å². The lowest BCUT2D eigenvalue weighted by molar-refractivity contribution is -0.133. The fraction of sp³-hybridized carbons (Fsp3) is 1.00. The zero-order chi connectivity index (χ0) is 13.5. The summed E-state index contributed by atoms with van der Waals surface area (Å²) in [5.41, 5.74) is 0. The number of nitrogens with zero attached hydrogens (tertiary/aromatic N) is 1. The van der Waals surface area contributed by atoms with Crippen LogP contribution in [-0.2, 0) is 10.0 Å². The van der Waals surface area contributed by atoms with Crippen LogP contribution >= 0.6 is 0 Å². The van der Waals surface area contributed by atoms with Crippen LogP contribution in [0.25, 0.3) is 0 Å². The highest BCUT2D eigenvalue weighted by atomic mass is 32.2. The van der Waals surface area contributed by atoms with Crippen LogP contribution in [-0.4, -0.2) is 51.3 Å². The van der Waals surface area contributed by atoms with Crippen LogP contribution in [0.15, 0.2) is 0 Å². The Kier molecular flexibility index (Phi) is 7.03. The third kappa shape index (κ3) is 9.37. The molecule has 0 aromatic heterocycles. The highest BCUT2D eigenvalue weighted by molar-refractivity contribution is 7.88. The molecule has 0 unspecified atom stereocenters. The second-order valence-corrected chi connectivity index (χ2v) is 5.71. The minimum atomic E-state index is -4.14. The number of rotatable bonds is 8. The van der Waals surface area contributed by atoms with E-state index in [1.807, 2.05) is 0 Å². The second-order valence-electron chi connectivity index (χ2n) is 3.72. The van der Waals surface area contributed by atoms with Gasteiger partial charge in [0.2, 0.25) is 10.0 Å². The molecule has 0 bridgehead atoms. The van der Waals surface area contributed by atoms with Gasteiger partial charge in [0, 0.05) is 19.6 Å². The summed E-state index contributed by atoms with van der Waals surface area (Å²) >= 11 is 0. The van der Waals surface area contributed by atoms with Gasteiger partial charge in [-0.15, -0.1) is 0 Å². The number of hydrogen-bond donors (Lipinski definition) is 1. The fourth-order valence-electron chi connectivity index (χ4n) is 1.29. The van der Waals surface area contributed by atoms with E-state index in [1.165, 1.54) is 4.31 Å². The average molecular weight is 276 g/mol. The lowest BCUT2D eigenvalue weighted by Gasteiger charge is -2.17. The molecule has 0 fully saturated rings. The summed E-state index contributed by atoms with van der Waals surface area (Å²) in [6, 6.07) is 0. The molecule has 17 heavy (non-hydrogen) atoms. The number of alkyl halides is 3. The molecule has 0 saturated heterocycles. The van der Waals surface area contributed by atoms with Crippen molar-refractivity contribution in [3.8, 4) is 0 Å². The quantitative estimate of drug-likeness (QED) is 0.678. The maximum Gasteiger partial charge on any atom is 0.390 e. The topological polar surface area (TPSA) is 49.4 Å². The Morgan fingerprint density at radius 3 is 2.24 bits per heavy atom. The molecule has 4 nitrogen and oxygen atoms in total. The molecule has 0 spiro atoms. The Balaban J connectivity index is 3.64. The van der Waals surface area contributed by atoms with Crippen LogP contribution in [0.2, 0.25) is 0 Å². The van der Waals surface area contributed by atoms with Crippen molar-refractivity contribution >= 4 is 10.0 Å². The van der Waals surface area contributed by atoms with Crippen LogP contribution in [0.3, 0.4) is 0 Å². The SMILES string of the molecule is CCN(CCCNCCC(F)(F)F)S(C)(=O)=O. The van der Waals surface area contributed by atoms with Crippen molar-refractivity contribution in [1.29, 1.82) is 0 Å². The molecule has 1 N–H and O–H groups in total. The third-order valence-electron chi connectivity index (χ3n) is 2.17. The first kappa shape index (κ1) is 16.7. The normalized spacial score (nSPS) is 13.3. The van der Waals surface area contributed by atoms with E-state index in [9.17, 15) is 21.6 Å². The molecule has 0 saturated carbocycles. The number of sulfonamides is 1. The number of hydrogen-bond acceptors (Lipinski definition) is 3. The number of nitrogens with one attached hydrogen (secondary N) is 1. The molecule has 104 valence electrons. The summed E-state index contributed by atoms with van der Waals surface area (Å²) < 4.78 is 59.0. The van der Waals surface area contributed by atoms with E-state index in [-0.39, 0.29) is 6.54 Å². The summed E-state index contributed by atoms with van der Waals surface area (Å²) in [6.45, 7) is 2.67. The first-order valence-electron chi connectivity index (χ1n) is 5.39. The van der Waals surface area contributed by atoms with Gasteiger partial charge in [-0.05, 0) is 13.0 Å². The van der Waals surface area contributed by atoms with E-state index in [0.717, 1.165) is 6.26 Å². The van der Waals surface area contributed by atoms with Crippen LogP contribution in [0.1, 0.15) is 19.8 Å². The van der Waals surface area contributed by atoms with Gasteiger partial charge in [-0.2, -0.15) is 13.2 Å². The smallest absolute Gasteiger partial charge is 0.316 e. The molecule has 0 aromatic rings. The molecular weight excluding hydrogens is 257 g/mol. The molecular formula is C9H19F3N2O2S. The Labute approximate surface area is 100 Å². The molecule has 0 aliphatic rings. The predicted molar refractivity (Wildman–Crippen MR) is 60.2 cm³/mol. The average Bonchev–Trinajstić information content (AvgIpc) is 2.12. The minimum Gasteiger partial charge on any atom is -0.316 e. The van der Waals surface area contributed by atoms with Crippen LogP contribution in [0, 0.1) is 0 Å². The van der Waals surface area contributed by atoms with Crippen molar-refractivity contribution in [2.45, 2.75) is 25.9 Å². The summed E-state index contributed by atoms with van der Waals surface area (Å²) in [4.78, 5) is 0. The van der Waals surface area contributed by atoms with E-state index < -0.39 is 22.6 Å². The summed E-state index contributed by atoms with van der Waals surface area (Å²) in [5.74, 6) is 0. The van der Waals surface area contributed by atoms with Crippen molar-refractivity contribution in [3.05, 3.63) is 0 Å². The Morgan fingerprint density at radius 2 is 1.82 bits per heavy atom. The van der Waals surface area contributed by atoms with Gasteiger partial charge in [0.25, 0.3) is 0 Å². The van der Waals surface area contributed by atoms with E-state index >= 15 is 0 Å². The molecule has 0 aliphatic heterocycles. The Hall–Kier alpha value is -0.340. The minimum absolute atomic E-state index is 0.130. The summed E-state index contributed by atoms with van der Waals surface area (Å²) in [6.07, 6.45) is -3.39. The van der Waals surface area contributed by atoms with Crippen molar-refractivity contribution in [2.24, 2.45) is 0 Å². The lowest BCUT2D eigenvalue weighted by Crippen LogP contribution is -2.32. The predicted octanol–water partition coefficient (Wildman–Crippen LogP) is 1.20.